The molecule has 1 rings (SSSR count). The smallest absolute Gasteiger partial charge is 0.218 e. The summed E-state index contributed by atoms with van der Waals surface area (Å²) < 4.78 is 0. The van der Waals surface area contributed by atoms with Gasteiger partial charge in [0.05, 0.1) is 0 Å². The molecule has 4 N–H and O–H groups in total. The normalized spacial score (nSPS) is 29.5. The average Bonchev–Trinajstić information content (AvgIpc) is 2.38. The molecular weight excluding hydrogens is 140 g/mol. The second-order valence-corrected chi connectivity index (χ2v) is 4.13. The van der Waals surface area contributed by atoms with Gasteiger partial charge in [0.1, 0.15) is 0 Å². The minimum atomic E-state index is -0.291. The van der Waals surface area contributed by atoms with Crippen molar-refractivity contribution in [1.29, 1.82) is 0 Å². The Labute approximate surface area is 67.1 Å². The van der Waals surface area contributed by atoms with E-state index in [9.17, 15) is 4.79 Å². The SMILES string of the molecule is CC1(C)CC1[C@@H](N)CC(N)=O. The van der Waals surface area contributed by atoms with Crippen molar-refractivity contribution in [1.82, 2.24) is 0 Å². The molecule has 0 aromatic carbocycles. The van der Waals surface area contributed by atoms with E-state index in [4.69, 9.17) is 11.5 Å². The van der Waals surface area contributed by atoms with Gasteiger partial charge in [0, 0.05) is 12.5 Å². The molecule has 0 aromatic heterocycles. The molecule has 0 spiro atoms. The van der Waals surface area contributed by atoms with Crippen LogP contribution in [0.25, 0.3) is 0 Å². The molecule has 1 amide bonds. The third-order valence-electron chi connectivity index (χ3n) is 2.54. The summed E-state index contributed by atoms with van der Waals surface area (Å²) >= 11 is 0. The lowest BCUT2D eigenvalue weighted by Gasteiger charge is -2.10. The van der Waals surface area contributed by atoms with Crippen LogP contribution in [-0.4, -0.2) is 11.9 Å². The molecule has 64 valence electrons. The van der Waals surface area contributed by atoms with Crippen LogP contribution in [0.4, 0.5) is 0 Å². The molecule has 11 heavy (non-hydrogen) atoms. The Kier molecular flexibility index (Phi) is 1.92. The summed E-state index contributed by atoms with van der Waals surface area (Å²) in [6.07, 6.45) is 1.45. The summed E-state index contributed by atoms with van der Waals surface area (Å²) in [5.74, 6) is 0.204. The van der Waals surface area contributed by atoms with Gasteiger partial charge in [-0.1, -0.05) is 13.8 Å². The number of rotatable bonds is 3. The van der Waals surface area contributed by atoms with Crippen molar-refractivity contribution in [2.24, 2.45) is 22.8 Å². The number of carbonyl (C=O) groups excluding carboxylic acids is 1. The highest BCUT2D eigenvalue weighted by molar-refractivity contribution is 5.74. The van der Waals surface area contributed by atoms with Gasteiger partial charge in [-0.15, -0.1) is 0 Å². The van der Waals surface area contributed by atoms with Crippen molar-refractivity contribution in [3.05, 3.63) is 0 Å². The quantitative estimate of drug-likeness (QED) is 0.614. The first-order chi connectivity index (χ1) is 4.93. The second kappa shape index (κ2) is 2.48. The molecule has 1 saturated carbocycles. The van der Waals surface area contributed by atoms with E-state index in [1.807, 2.05) is 0 Å². The monoisotopic (exact) mass is 156 g/mol. The van der Waals surface area contributed by atoms with Crippen LogP contribution in [0.3, 0.4) is 0 Å². The fourth-order valence-electron chi connectivity index (χ4n) is 1.61. The number of amides is 1. The maximum Gasteiger partial charge on any atom is 0.218 e. The van der Waals surface area contributed by atoms with Gasteiger partial charge in [-0.2, -0.15) is 0 Å². The van der Waals surface area contributed by atoms with Crippen LogP contribution in [0.5, 0.6) is 0 Å². The molecule has 2 atom stereocenters. The summed E-state index contributed by atoms with van der Waals surface area (Å²) in [4.78, 5) is 10.5. The molecule has 1 aliphatic carbocycles. The largest absolute Gasteiger partial charge is 0.370 e. The molecule has 0 saturated heterocycles. The van der Waals surface area contributed by atoms with E-state index >= 15 is 0 Å². The minimum Gasteiger partial charge on any atom is -0.370 e. The minimum absolute atomic E-state index is 0.0255. The van der Waals surface area contributed by atoms with Crippen LogP contribution in [0.15, 0.2) is 0 Å². The van der Waals surface area contributed by atoms with E-state index in [0.29, 0.717) is 17.8 Å². The van der Waals surface area contributed by atoms with E-state index < -0.39 is 0 Å². The van der Waals surface area contributed by atoms with Gasteiger partial charge >= 0.3 is 0 Å². The van der Waals surface area contributed by atoms with Crippen LogP contribution in [0.1, 0.15) is 26.7 Å². The standard InChI is InChI=1S/C8H16N2O/c1-8(2)4-5(8)6(9)3-7(10)11/h5-6H,3-4,9H2,1-2H3,(H2,10,11)/t5?,6-/m0/s1. The number of hydrogen-bond donors (Lipinski definition) is 2. The highest BCUT2D eigenvalue weighted by Gasteiger charge is 2.48. The second-order valence-electron chi connectivity index (χ2n) is 4.13. The number of hydrogen-bond acceptors (Lipinski definition) is 2. The lowest BCUT2D eigenvalue weighted by molar-refractivity contribution is -0.118. The van der Waals surface area contributed by atoms with Gasteiger partial charge in [-0.05, 0) is 17.8 Å². The van der Waals surface area contributed by atoms with Crippen molar-refractivity contribution in [3.63, 3.8) is 0 Å². The fraction of sp³-hybridized carbons (Fsp3) is 0.875. The summed E-state index contributed by atoms with van der Waals surface area (Å²) in [6, 6.07) is -0.0255. The molecule has 1 aliphatic rings. The predicted octanol–water partition coefficient (Wildman–Crippen LogP) is 0.235. The van der Waals surface area contributed by atoms with E-state index in [-0.39, 0.29) is 11.9 Å². The van der Waals surface area contributed by atoms with Gasteiger partial charge < -0.3 is 11.5 Å². The van der Waals surface area contributed by atoms with Crippen LogP contribution in [-0.2, 0) is 4.79 Å². The molecule has 0 heterocycles. The predicted molar refractivity (Wildman–Crippen MR) is 43.7 cm³/mol. The van der Waals surface area contributed by atoms with Crippen molar-refractivity contribution in [2.75, 3.05) is 0 Å². The summed E-state index contributed by atoms with van der Waals surface area (Å²) in [5.41, 5.74) is 11.1. The molecular formula is C8H16N2O. The maximum absolute atomic E-state index is 10.5. The molecule has 3 nitrogen and oxygen atoms in total. The molecule has 0 radical (unpaired) electrons. The zero-order chi connectivity index (χ0) is 8.65. The van der Waals surface area contributed by atoms with Gasteiger partial charge in [-0.25, -0.2) is 0 Å². The Morgan fingerprint density at radius 3 is 2.45 bits per heavy atom. The highest BCUT2D eigenvalue weighted by atomic mass is 16.1. The lowest BCUT2D eigenvalue weighted by atomic mass is 10.0. The first-order valence-electron chi connectivity index (χ1n) is 3.97. The molecule has 0 bridgehead atoms. The molecule has 0 aliphatic heterocycles. The number of nitrogens with two attached hydrogens (primary N) is 2. The zero-order valence-electron chi connectivity index (χ0n) is 7.13. The van der Waals surface area contributed by atoms with Crippen LogP contribution >= 0.6 is 0 Å². The molecule has 3 heteroatoms. The van der Waals surface area contributed by atoms with E-state index in [1.165, 1.54) is 0 Å². The van der Waals surface area contributed by atoms with Gasteiger partial charge in [0.25, 0.3) is 0 Å². The van der Waals surface area contributed by atoms with Crippen molar-refractivity contribution in [3.8, 4) is 0 Å². The molecule has 0 aromatic rings. The lowest BCUT2D eigenvalue weighted by Crippen LogP contribution is -2.30. The fourth-order valence-corrected chi connectivity index (χ4v) is 1.61. The third-order valence-corrected chi connectivity index (χ3v) is 2.54. The Balaban J connectivity index is 2.34. The van der Waals surface area contributed by atoms with Gasteiger partial charge in [0.15, 0.2) is 0 Å². The first-order valence-corrected chi connectivity index (χ1v) is 3.97. The summed E-state index contributed by atoms with van der Waals surface area (Å²) in [7, 11) is 0. The maximum atomic E-state index is 10.5. The van der Waals surface area contributed by atoms with Crippen LogP contribution in [0.2, 0.25) is 0 Å². The third kappa shape index (κ3) is 1.93. The van der Waals surface area contributed by atoms with E-state index in [1.54, 1.807) is 0 Å². The van der Waals surface area contributed by atoms with E-state index in [2.05, 4.69) is 13.8 Å². The van der Waals surface area contributed by atoms with E-state index in [0.717, 1.165) is 6.42 Å². The first kappa shape index (κ1) is 8.53. The summed E-state index contributed by atoms with van der Waals surface area (Å²) in [5, 5.41) is 0. The molecule has 1 unspecified atom stereocenters. The summed E-state index contributed by atoms with van der Waals surface area (Å²) in [6.45, 7) is 4.33. The molecule has 1 fully saturated rings. The van der Waals surface area contributed by atoms with Crippen molar-refractivity contribution >= 4 is 5.91 Å². The Hall–Kier alpha value is -0.570. The highest BCUT2D eigenvalue weighted by Crippen LogP contribution is 2.53. The average molecular weight is 156 g/mol. The van der Waals surface area contributed by atoms with Gasteiger partial charge in [-0.3, -0.25) is 4.79 Å². The number of primary amides is 1. The Bertz CT molecular complexity index is 177. The van der Waals surface area contributed by atoms with Gasteiger partial charge in [0.2, 0.25) is 5.91 Å². The zero-order valence-corrected chi connectivity index (χ0v) is 7.13. The topological polar surface area (TPSA) is 69.1 Å². The van der Waals surface area contributed by atoms with Crippen molar-refractivity contribution in [2.45, 2.75) is 32.7 Å². The van der Waals surface area contributed by atoms with Crippen LogP contribution < -0.4 is 11.5 Å². The van der Waals surface area contributed by atoms with Crippen molar-refractivity contribution < 1.29 is 4.79 Å². The number of carbonyl (C=O) groups is 1. The Morgan fingerprint density at radius 1 is 1.73 bits per heavy atom. The Morgan fingerprint density at radius 2 is 2.18 bits per heavy atom. The van der Waals surface area contributed by atoms with Crippen LogP contribution in [0, 0.1) is 11.3 Å².